The Bertz CT molecular complexity index is 506. The van der Waals surface area contributed by atoms with Gasteiger partial charge in [-0.15, -0.1) is 6.58 Å². The molecule has 2 rings (SSSR count). The summed E-state index contributed by atoms with van der Waals surface area (Å²) < 4.78 is 21.0. The number of esters is 2. The summed E-state index contributed by atoms with van der Waals surface area (Å²) in [7, 11) is 0. The number of carbonyl (C=O) groups is 2. The zero-order valence-corrected chi connectivity index (χ0v) is 13.4. The third kappa shape index (κ3) is 2.87. The van der Waals surface area contributed by atoms with Crippen LogP contribution in [0.4, 0.5) is 0 Å². The molecule has 1 saturated carbocycles. The molecule has 2 fully saturated rings. The Labute approximate surface area is 134 Å². The zero-order valence-electron chi connectivity index (χ0n) is 13.4. The van der Waals surface area contributed by atoms with E-state index in [0.717, 1.165) is 0 Å². The summed E-state index contributed by atoms with van der Waals surface area (Å²) in [6.07, 6.45) is -1.55. The van der Waals surface area contributed by atoms with E-state index < -0.39 is 47.6 Å². The summed E-state index contributed by atoms with van der Waals surface area (Å²) in [5.41, 5.74) is -1.91. The topological polar surface area (TPSA) is 112 Å². The summed E-state index contributed by atoms with van der Waals surface area (Å²) in [4.78, 5) is 22.7. The number of rotatable bonds is 6. The smallest absolute Gasteiger partial charge is 0.303 e. The zero-order chi connectivity index (χ0) is 17.4. The molecule has 1 aliphatic carbocycles. The molecule has 23 heavy (non-hydrogen) atoms. The van der Waals surface area contributed by atoms with Crippen molar-refractivity contribution in [3.63, 3.8) is 0 Å². The molecule has 0 aromatic carbocycles. The van der Waals surface area contributed by atoms with E-state index in [2.05, 4.69) is 6.58 Å². The molecule has 6 atom stereocenters. The predicted octanol–water partition coefficient (Wildman–Crippen LogP) is -0.479. The molecule has 1 heterocycles. The van der Waals surface area contributed by atoms with Crippen molar-refractivity contribution in [3.05, 3.63) is 12.7 Å². The van der Waals surface area contributed by atoms with Crippen molar-refractivity contribution in [3.8, 4) is 0 Å². The molecule has 2 N–H and O–H groups in total. The molecule has 130 valence electrons. The highest BCUT2D eigenvalue weighted by atomic mass is 16.7. The standard InChI is InChI=1S/C15H22O8/c1-5-6-20-7-11-14(18)13(22-10(4)17)12(21-9(3)16)8(2)23-15(11,14)19/h5,8,11-13,18-19H,1,6-7H2,2-4H3/t8-,11?,12-,13+,14+,15-/m0/s1. The minimum atomic E-state index is -1.93. The molecule has 8 heteroatoms. The lowest BCUT2D eigenvalue weighted by molar-refractivity contribution is -0.286. The van der Waals surface area contributed by atoms with Crippen LogP contribution in [0.25, 0.3) is 0 Å². The second-order valence-corrected chi connectivity index (χ2v) is 5.83. The maximum absolute atomic E-state index is 11.4. The largest absolute Gasteiger partial charge is 0.456 e. The van der Waals surface area contributed by atoms with Crippen LogP contribution in [0.2, 0.25) is 0 Å². The first-order valence-corrected chi connectivity index (χ1v) is 7.34. The van der Waals surface area contributed by atoms with Crippen LogP contribution >= 0.6 is 0 Å². The lowest BCUT2D eigenvalue weighted by atomic mass is 9.97. The second kappa shape index (κ2) is 6.20. The monoisotopic (exact) mass is 330 g/mol. The first-order chi connectivity index (χ1) is 10.7. The average molecular weight is 330 g/mol. The summed E-state index contributed by atoms with van der Waals surface area (Å²) >= 11 is 0. The maximum atomic E-state index is 11.4. The number of ether oxygens (including phenoxy) is 4. The van der Waals surface area contributed by atoms with Gasteiger partial charge in [0.2, 0.25) is 5.79 Å². The summed E-state index contributed by atoms with van der Waals surface area (Å²) in [5, 5.41) is 21.4. The quantitative estimate of drug-likeness (QED) is 0.382. The first kappa shape index (κ1) is 17.9. The van der Waals surface area contributed by atoms with Crippen molar-refractivity contribution in [2.75, 3.05) is 13.2 Å². The van der Waals surface area contributed by atoms with E-state index in [9.17, 15) is 19.8 Å². The van der Waals surface area contributed by atoms with E-state index in [4.69, 9.17) is 18.9 Å². The van der Waals surface area contributed by atoms with Crippen LogP contribution in [0.3, 0.4) is 0 Å². The van der Waals surface area contributed by atoms with Gasteiger partial charge in [0.1, 0.15) is 0 Å². The Morgan fingerprint density at radius 1 is 1.26 bits per heavy atom. The third-order valence-corrected chi connectivity index (χ3v) is 4.17. The number of carbonyl (C=O) groups excluding carboxylic acids is 2. The highest BCUT2D eigenvalue weighted by molar-refractivity contribution is 5.68. The van der Waals surface area contributed by atoms with Gasteiger partial charge < -0.3 is 29.2 Å². The van der Waals surface area contributed by atoms with E-state index in [1.54, 1.807) is 6.92 Å². The Morgan fingerprint density at radius 2 is 1.87 bits per heavy atom. The molecule has 1 unspecified atom stereocenters. The second-order valence-electron chi connectivity index (χ2n) is 5.83. The highest BCUT2D eigenvalue weighted by Gasteiger charge is 2.86. The normalized spacial score (nSPS) is 41.6. The first-order valence-electron chi connectivity index (χ1n) is 7.34. The molecule has 0 radical (unpaired) electrons. The van der Waals surface area contributed by atoms with Crippen molar-refractivity contribution < 1.29 is 38.7 Å². The van der Waals surface area contributed by atoms with E-state index in [0.29, 0.717) is 0 Å². The Kier molecular flexibility index (Phi) is 4.81. The van der Waals surface area contributed by atoms with Crippen molar-refractivity contribution in [1.82, 2.24) is 0 Å². The van der Waals surface area contributed by atoms with E-state index in [1.807, 2.05) is 0 Å². The molecule has 1 saturated heterocycles. The molecular weight excluding hydrogens is 308 g/mol. The predicted molar refractivity (Wildman–Crippen MR) is 76.1 cm³/mol. The maximum Gasteiger partial charge on any atom is 0.303 e. The fraction of sp³-hybridized carbons (Fsp3) is 0.733. The van der Waals surface area contributed by atoms with Crippen molar-refractivity contribution in [2.24, 2.45) is 5.92 Å². The van der Waals surface area contributed by atoms with Gasteiger partial charge in [-0.2, -0.15) is 0 Å². The van der Waals surface area contributed by atoms with E-state index in [-0.39, 0.29) is 13.2 Å². The molecule has 2 aliphatic rings. The summed E-state index contributed by atoms with van der Waals surface area (Å²) in [6, 6.07) is 0. The van der Waals surface area contributed by atoms with Gasteiger partial charge in [-0.3, -0.25) is 9.59 Å². The molecule has 0 bridgehead atoms. The van der Waals surface area contributed by atoms with Crippen molar-refractivity contribution in [2.45, 2.75) is 50.5 Å². The van der Waals surface area contributed by atoms with Crippen LogP contribution in [0, 0.1) is 5.92 Å². The fourth-order valence-electron chi connectivity index (χ4n) is 3.13. The van der Waals surface area contributed by atoms with Crippen LogP contribution in [-0.4, -0.2) is 65.1 Å². The van der Waals surface area contributed by atoms with Gasteiger partial charge in [0.25, 0.3) is 0 Å². The highest BCUT2D eigenvalue weighted by Crippen LogP contribution is 2.62. The number of aliphatic hydroxyl groups is 2. The number of hydrogen-bond acceptors (Lipinski definition) is 8. The van der Waals surface area contributed by atoms with Crippen molar-refractivity contribution >= 4 is 11.9 Å². The average Bonchev–Trinajstić information content (AvgIpc) is 2.90. The van der Waals surface area contributed by atoms with Crippen LogP contribution in [0.1, 0.15) is 20.8 Å². The van der Waals surface area contributed by atoms with Crippen LogP contribution in [0.5, 0.6) is 0 Å². The molecular formula is C15H22O8. The SMILES string of the molecule is C=CCOCC1[C@]2(O)O[C@@H](C)[C@H](OC(C)=O)[C@@H](OC(C)=O)[C@]12O. The molecule has 8 nitrogen and oxygen atoms in total. The Balaban J connectivity index is 2.26. The van der Waals surface area contributed by atoms with Gasteiger partial charge in [0.15, 0.2) is 17.8 Å². The number of fused-ring (bicyclic) bond motifs is 1. The summed E-state index contributed by atoms with van der Waals surface area (Å²) in [5.74, 6) is -4.06. The van der Waals surface area contributed by atoms with Crippen LogP contribution < -0.4 is 0 Å². The Hall–Kier alpha value is -1.48. The van der Waals surface area contributed by atoms with Gasteiger partial charge >= 0.3 is 11.9 Å². The van der Waals surface area contributed by atoms with Gasteiger partial charge in [0, 0.05) is 13.8 Å². The van der Waals surface area contributed by atoms with Crippen LogP contribution in [0.15, 0.2) is 12.7 Å². The summed E-state index contributed by atoms with van der Waals surface area (Å²) in [6.45, 7) is 7.62. The van der Waals surface area contributed by atoms with E-state index in [1.165, 1.54) is 19.9 Å². The molecule has 0 aromatic heterocycles. The molecule has 0 spiro atoms. The molecule has 0 aromatic rings. The van der Waals surface area contributed by atoms with Gasteiger partial charge in [-0.05, 0) is 6.92 Å². The minimum absolute atomic E-state index is 0.0315. The third-order valence-electron chi connectivity index (χ3n) is 4.17. The van der Waals surface area contributed by atoms with Crippen LogP contribution in [-0.2, 0) is 28.5 Å². The fourth-order valence-corrected chi connectivity index (χ4v) is 3.13. The lowest BCUT2D eigenvalue weighted by Gasteiger charge is -2.39. The van der Waals surface area contributed by atoms with Gasteiger partial charge in [-0.1, -0.05) is 6.08 Å². The van der Waals surface area contributed by atoms with E-state index >= 15 is 0 Å². The molecule has 0 amide bonds. The van der Waals surface area contributed by atoms with Gasteiger partial charge in [-0.25, -0.2) is 0 Å². The Morgan fingerprint density at radius 3 is 2.39 bits per heavy atom. The van der Waals surface area contributed by atoms with Gasteiger partial charge in [0.05, 0.1) is 25.2 Å². The number of hydrogen-bond donors (Lipinski definition) is 2. The molecule has 1 aliphatic heterocycles. The minimum Gasteiger partial charge on any atom is -0.456 e. The lowest BCUT2D eigenvalue weighted by Crippen LogP contribution is -2.59. The van der Waals surface area contributed by atoms with Crippen molar-refractivity contribution in [1.29, 1.82) is 0 Å².